The molecule has 6 N–H and O–H groups in total. The Morgan fingerprint density at radius 1 is 0.976 bits per heavy atom. The van der Waals surface area contributed by atoms with Gasteiger partial charge in [-0.1, -0.05) is 18.6 Å². The predicted octanol–water partition coefficient (Wildman–Crippen LogP) is 4.91. The fourth-order valence-corrected chi connectivity index (χ4v) is 4.48. The Morgan fingerprint density at radius 2 is 1.76 bits per heavy atom. The Bertz CT molecular complexity index is 1500. The van der Waals surface area contributed by atoms with Crippen molar-refractivity contribution in [3.05, 3.63) is 82.7 Å². The molecule has 10 nitrogen and oxygen atoms in total. The maximum Gasteiger partial charge on any atom is 0.257 e. The van der Waals surface area contributed by atoms with Crippen LogP contribution in [0, 0.1) is 6.92 Å². The van der Waals surface area contributed by atoms with E-state index in [-0.39, 0.29) is 31.6 Å². The number of H-pyrrole nitrogens is 1. The van der Waals surface area contributed by atoms with Gasteiger partial charge < -0.3 is 35.9 Å². The summed E-state index contributed by atoms with van der Waals surface area (Å²) in [6.45, 7) is 3.11. The van der Waals surface area contributed by atoms with Crippen LogP contribution in [0.5, 0.6) is 5.75 Å². The van der Waals surface area contributed by atoms with Gasteiger partial charge in [0.25, 0.3) is 11.8 Å². The number of ether oxygens (including phenoxy) is 2. The molecule has 0 radical (unpaired) electrons. The number of methoxy groups -OCH3 is 1. The van der Waals surface area contributed by atoms with E-state index in [1.807, 2.05) is 31.2 Å². The molecule has 41 heavy (non-hydrogen) atoms. The van der Waals surface area contributed by atoms with Gasteiger partial charge in [0.05, 0.1) is 36.5 Å². The number of fused-ring (bicyclic) bond motifs is 1. The summed E-state index contributed by atoms with van der Waals surface area (Å²) in [6.07, 6.45) is 3.56. The number of para-hydroxylation sites is 1. The minimum absolute atomic E-state index is 0.190. The molecule has 0 spiro atoms. The average molecular weight is 560 g/mol. The number of aliphatic hydroxyl groups is 1. The first kappa shape index (κ1) is 29.7. The highest BCUT2D eigenvalue weighted by Crippen LogP contribution is 2.28. The number of unbranched alkanes of at least 4 members (excludes halogenated alkanes) is 3. The third-order valence-corrected chi connectivity index (χ3v) is 6.61. The molecule has 0 unspecified atom stereocenters. The van der Waals surface area contributed by atoms with Crippen LogP contribution in [0.15, 0.2) is 54.6 Å². The monoisotopic (exact) mass is 559 g/mol. The number of aryl methyl sites for hydroxylation is 1. The fraction of sp³-hybridized carbons (Fsp3) is 0.323. The molecule has 0 aliphatic rings. The number of aliphatic hydroxyl groups excluding tert-OH is 1. The summed E-state index contributed by atoms with van der Waals surface area (Å²) in [7, 11) is 1.55. The van der Waals surface area contributed by atoms with Crippen LogP contribution in [-0.4, -0.2) is 47.2 Å². The number of hydrogen-bond donors (Lipinski definition) is 5. The van der Waals surface area contributed by atoms with Crippen LogP contribution in [-0.2, 0) is 17.9 Å². The van der Waals surface area contributed by atoms with Gasteiger partial charge in [0.15, 0.2) is 0 Å². The third-order valence-electron chi connectivity index (χ3n) is 6.61. The molecule has 0 aliphatic carbocycles. The molecule has 0 atom stereocenters. The maximum atomic E-state index is 13.2. The van der Waals surface area contributed by atoms with E-state index in [0.717, 1.165) is 36.8 Å². The van der Waals surface area contributed by atoms with Gasteiger partial charge in [-0.3, -0.25) is 9.59 Å². The fourth-order valence-electron chi connectivity index (χ4n) is 4.48. The van der Waals surface area contributed by atoms with Crippen molar-refractivity contribution < 1.29 is 24.2 Å². The number of imidazole rings is 1. The number of anilines is 2. The quantitative estimate of drug-likeness (QED) is 0.138. The number of nitrogens with two attached hydrogens (primary N) is 1. The molecule has 3 aromatic carbocycles. The number of aromatic amines is 1. The second-order valence-electron chi connectivity index (χ2n) is 9.79. The van der Waals surface area contributed by atoms with Crippen molar-refractivity contribution in [1.82, 2.24) is 9.97 Å². The Hall–Kier alpha value is -4.25. The number of rotatable bonds is 14. The van der Waals surface area contributed by atoms with Gasteiger partial charge >= 0.3 is 0 Å². The normalized spacial score (nSPS) is 11.0. The first-order chi connectivity index (χ1) is 19.9. The molecule has 1 aromatic heterocycles. The van der Waals surface area contributed by atoms with E-state index < -0.39 is 0 Å². The summed E-state index contributed by atoms with van der Waals surface area (Å²) in [5, 5.41) is 14.8. The molecule has 0 saturated heterocycles. The highest BCUT2D eigenvalue weighted by Gasteiger charge is 2.17. The first-order valence-corrected chi connectivity index (χ1v) is 13.7. The molecule has 216 valence electrons. The predicted molar refractivity (Wildman–Crippen MR) is 159 cm³/mol. The van der Waals surface area contributed by atoms with E-state index in [2.05, 4.69) is 20.6 Å². The Labute approximate surface area is 239 Å². The molecular weight excluding hydrogens is 522 g/mol. The van der Waals surface area contributed by atoms with Crippen LogP contribution >= 0.6 is 0 Å². The van der Waals surface area contributed by atoms with Crippen LogP contribution in [0.25, 0.3) is 11.0 Å². The lowest BCUT2D eigenvalue weighted by Crippen LogP contribution is -2.16. The second kappa shape index (κ2) is 14.4. The van der Waals surface area contributed by atoms with Gasteiger partial charge in [-0.2, -0.15) is 0 Å². The molecule has 2 amide bonds. The summed E-state index contributed by atoms with van der Waals surface area (Å²) in [6, 6.07) is 16.0. The molecule has 1 heterocycles. The van der Waals surface area contributed by atoms with Gasteiger partial charge in [-0.25, -0.2) is 4.98 Å². The van der Waals surface area contributed by atoms with Crippen molar-refractivity contribution in [2.24, 2.45) is 5.73 Å². The summed E-state index contributed by atoms with van der Waals surface area (Å²) >= 11 is 0. The molecule has 4 aromatic rings. The Morgan fingerprint density at radius 3 is 2.54 bits per heavy atom. The summed E-state index contributed by atoms with van der Waals surface area (Å²) in [5.41, 5.74) is 10.6. The van der Waals surface area contributed by atoms with Crippen molar-refractivity contribution in [2.75, 3.05) is 31.0 Å². The lowest BCUT2D eigenvalue weighted by Gasteiger charge is -2.15. The third kappa shape index (κ3) is 7.69. The zero-order valence-electron chi connectivity index (χ0n) is 23.5. The summed E-state index contributed by atoms with van der Waals surface area (Å²) in [5.74, 6) is 0.549. The molecule has 0 aliphatic heterocycles. The minimum Gasteiger partial charge on any atom is -0.491 e. The van der Waals surface area contributed by atoms with Gasteiger partial charge in [0.2, 0.25) is 0 Å². The molecule has 0 fully saturated rings. The van der Waals surface area contributed by atoms with Crippen molar-refractivity contribution in [1.29, 1.82) is 0 Å². The van der Waals surface area contributed by atoms with Gasteiger partial charge in [-0.05, 0) is 74.2 Å². The second-order valence-corrected chi connectivity index (χ2v) is 9.79. The van der Waals surface area contributed by atoms with Gasteiger partial charge in [0.1, 0.15) is 17.1 Å². The van der Waals surface area contributed by atoms with E-state index in [0.29, 0.717) is 51.8 Å². The summed E-state index contributed by atoms with van der Waals surface area (Å²) < 4.78 is 11.3. The SMILES string of the molecule is COCc1cc(C(=O)Nc2ccc(C)cc2OCCCCCCO)ccc1NC(=O)c1cccc2[nH]c(CN)nc12. The van der Waals surface area contributed by atoms with Crippen molar-refractivity contribution in [3.8, 4) is 5.75 Å². The average Bonchev–Trinajstić information content (AvgIpc) is 3.41. The molecule has 0 saturated carbocycles. The largest absolute Gasteiger partial charge is 0.491 e. The summed E-state index contributed by atoms with van der Waals surface area (Å²) in [4.78, 5) is 34.0. The number of benzene rings is 3. The van der Waals surface area contributed by atoms with Crippen LogP contribution in [0.2, 0.25) is 0 Å². The van der Waals surface area contributed by atoms with E-state index in [9.17, 15) is 9.59 Å². The number of hydrogen-bond acceptors (Lipinski definition) is 7. The van der Waals surface area contributed by atoms with Crippen molar-refractivity contribution >= 4 is 34.2 Å². The minimum atomic E-state index is -0.335. The maximum absolute atomic E-state index is 13.2. The first-order valence-electron chi connectivity index (χ1n) is 13.7. The van der Waals surface area contributed by atoms with Crippen molar-refractivity contribution in [2.45, 2.75) is 45.8 Å². The van der Waals surface area contributed by atoms with E-state index in [4.69, 9.17) is 20.3 Å². The van der Waals surface area contributed by atoms with Gasteiger partial charge in [0, 0.05) is 30.5 Å². The van der Waals surface area contributed by atoms with E-state index in [1.54, 1.807) is 37.4 Å². The van der Waals surface area contributed by atoms with E-state index >= 15 is 0 Å². The molecule has 10 heteroatoms. The van der Waals surface area contributed by atoms with Crippen LogP contribution < -0.4 is 21.1 Å². The van der Waals surface area contributed by atoms with Crippen LogP contribution in [0.4, 0.5) is 11.4 Å². The smallest absolute Gasteiger partial charge is 0.257 e. The zero-order chi connectivity index (χ0) is 29.2. The highest BCUT2D eigenvalue weighted by molar-refractivity contribution is 6.12. The lowest BCUT2D eigenvalue weighted by atomic mass is 10.1. The topological polar surface area (TPSA) is 152 Å². The van der Waals surface area contributed by atoms with Crippen molar-refractivity contribution in [3.63, 3.8) is 0 Å². The molecular formula is C31H37N5O5. The zero-order valence-corrected chi connectivity index (χ0v) is 23.5. The number of nitrogens with one attached hydrogen (secondary N) is 3. The van der Waals surface area contributed by atoms with Gasteiger partial charge in [-0.15, -0.1) is 0 Å². The Balaban J connectivity index is 1.48. The number of aromatic nitrogens is 2. The number of nitrogens with zero attached hydrogens (tertiary/aromatic N) is 1. The highest BCUT2D eigenvalue weighted by atomic mass is 16.5. The number of carbonyl (C=O) groups is 2. The number of carbonyl (C=O) groups excluding carboxylic acids is 2. The molecule has 4 rings (SSSR count). The number of amides is 2. The van der Waals surface area contributed by atoms with Crippen LogP contribution in [0.3, 0.4) is 0 Å². The van der Waals surface area contributed by atoms with E-state index in [1.165, 1.54) is 0 Å². The molecule has 0 bridgehead atoms. The van der Waals surface area contributed by atoms with Crippen LogP contribution in [0.1, 0.15) is 63.4 Å². The Kier molecular flexibility index (Phi) is 10.4. The lowest BCUT2D eigenvalue weighted by molar-refractivity contribution is 0.102. The standard InChI is InChI=1S/C31H37N5O5/c1-20-10-12-25(27(16-20)41-15-6-4-3-5-14-37)35-30(38)21-11-13-24(22(17-21)19-40-2)34-31(39)23-8-7-9-26-29(23)36-28(18-32)33-26/h7-13,16-17,37H,3-6,14-15,18-19,32H2,1-2H3,(H,33,36)(H,34,39)(H,35,38).